The molecule has 0 amide bonds. The van der Waals surface area contributed by atoms with Gasteiger partial charge in [-0.2, -0.15) is 0 Å². The Bertz CT molecular complexity index is 551. The molecule has 0 bridgehead atoms. The monoisotopic (exact) mass is 341 g/mol. The fourth-order valence-corrected chi connectivity index (χ4v) is 3.81. The highest BCUT2D eigenvalue weighted by molar-refractivity contribution is 5.48. The first-order chi connectivity index (χ1) is 11.5. The van der Waals surface area contributed by atoms with Crippen molar-refractivity contribution >= 4 is 5.69 Å². The van der Waals surface area contributed by atoms with E-state index in [9.17, 15) is 13.2 Å². The molecule has 0 aromatic heterocycles. The second-order valence-corrected chi connectivity index (χ2v) is 7.12. The molecule has 0 atom stereocenters. The number of nitrogens with zero attached hydrogens (tertiary/aromatic N) is 2. The van der Waals surface area contributed by atoms with Crippen LogP contribution in [0.25, 0.3) is 0 Å². The van der Waals surface area contributed by atoms with Gasteiger partial charge in [-0.3, -0.25) is 4.90 Å². The van der Waals surface area contributed by atoms with E-state index in [-0.39, 0.29) is 5.69 Å². The molecule has 0 spiro atoms. The van der Waals surface area contributed by atoms with Crippen molar-refractivity contribution in [1.82, 2.24) is 4.90 Å². The lowest BCUT2D eigenvalue weighted by Crippen LogP contribution is -2.47. The average molecular weight is 341 g/mol. The number of hydrogen-bond donors (Lipinski definition) is 1. The first-order valence-corrected chi connectivity index (χ1v) is 8.90. The Balaban J connectivity index is 1.47. The van der Waals surface area contributed by atoms with Gasteiger partial charge in [0.1, 0.15) is 5.82 Å². The van der Waals surface area contributed by atoms with Crippen LogP contribution in [0.1, 0.15) is 32.1 Å². The number of nitrogens with two attached hydrogens (primary N) is 1. The third-order valence-electron chi connectivity index (χ3n) is 5.45. The molecule has 0 radical (unpaired) electrons. The smallest absolute Gasteiger partial charge is 0.161 e. The zero-order chi connectivity index (χ0) is 17.1. The SMILES string of the molecule is NC1CCC(CCN2CCN(c3cc(F)c(F)cc3F)CC2)CC1. The maximum absolute atomic E-state index is 13.9. The van der Waals surface area contributed by atoms with Crippen LogP contribution in [-0.2, 0) is 0 Å². The molecule has 2 aliphatic rings. The maximum atomic E-state index is 13.9. The summed E-state index contributed by atoms with van der Waals surface area (Å²) >= 11 is 0. The van der Waals surface area contributed by atoms with E-state index >= 15 is 0 Å². The second kappa shape index (κ2) is 7.74. The molecule has 1 aromatic carbocycles. The zero-order valence-corrected chi connectivity index (χ0v) is 14.0. The van der Waals surface area contributed by atoms with Crippen molar-refractivity contribution in [2.75, 3.05) is 37.6 Å². The summed E-state index contributed by atoms with van der Waals surface area (Å²) in [5.74, 6) is -2.06. The predicted octanol–water partition coefficient (Wildman–Crippen LogP) is 3.13. The van der Waals surface area contributed by atoms with Crippen molar-refractivity contribution < 1.29 is 13.2 Å². The number of benzene rings is 1. The van der Waals surface area contributed by atoms with Crippen LogP contribution in [0.15, 0.2) is 12.1 Å². The van der Waals surface area contributed by atoms with Crippen molar-refractivity contribution in [3.05, 3.63) is 29.6 Å². The third-order valence-corrected chi connectivity index (χ3v) is 5.45. The van der Waals surface area contributed by atoms with E-state index in [0.717, 1.165) is 44.5 Å². The first-order valence-electron chi connectivity index (χ1n) is 8.90. The van der Waals surface area contributed by atoms with Crippen molar-refractivity contribution in [2.45, 2.75) is 38.1 Å². The summed E-state index contributed by atoms with van der Waals surface area (Å²) in [6.45, 7) is 3.97. The summed E-state index contributed by atoms with van der Waals surface area (Å²) in [5.41, 5.74) is 6.10. The second-order valence-electron chi connectivity index (χ2n) is 7.12. The van der Waals surface area contributed by atoms with Gasteiger partial charge in [-0.05, 0) is 44.6 Å². The minimum Gasteiger partial charge on any atom is -0.367 e. The molecule has 2 fully saturated rings. The number of piperazine rings is 1. The largest absolute Gasteiger partial charge is 0.367 e. The van der Waals surface area contributed by atoms with E-state index in [1.54, 1.807) is 4.90 Å². The Morgan fingerprint density at radius 2 is 1.50 bits per heavy atom. The average Bonchev–Trinajstić information content (AvgIpc) is 2.58. The zero-order valence-electron chi connectivity index (χ0n) is 14.0. The quantitative estimate of drug-likeness (QED) is 0.854. The van der Waals surface area contributed by atoms with Gasteiger partial charge in [0.15, 0.2) is 11.6 Å². The van der Waals surface area contributed by atoms with Gasteiger partial charge >= 0.3 is 0 Å². The van der Waals surface area contributed by atoms with Crippen LogP contribution < -0.4 is 10.6 Å². The number of hydrogen-bond acceptors (Lipinski definition) is 3. The summed E-state index contributed by atoms with van der Waals surface area (Å²) < 4.78 is 40.3. The molecule has 6 heteroatoms. The Labute approximate surface area is 141 Å². The first kappa shape index (κ1) is 17.5. The lowest BCUT2D eigenvalue weighted by atomic mass is 9.84. The molecule has 1 heterocycles. The number of anilines is 1. The van der Waals surface area contributed by atoms with Crippen LogP contribution in [0.5, 0.6) is 0 Å². The van der Waals surface area contributed by atoms with E-state index in [2.05, 4.69) is 4.90 Å². The summed E-state index contributed by atoms with van der Waals surface area (Å²) in [6, 6.07) is 1.98. The highest BCUT2D eigenvalue weighted by atomic mass is 19.2. The van der Waals surface area contributed by atoms with E-state index < -0.39 is 17.5 Å². The van der Waals surface area contributed by atoms with Crippen LogP contribution in [0.4, 0.5) is 18.9 Å². The van der Waals surface area contributed by atoms with Gasteiger partial charge < -0.3 is 10.6 Å². The van der Waals surface area contributed by atoms with Gasteiger partial charge in [0, 0.05) is 44.4 Å². The molecule has 1 aliphatic carbocycles. The molecular formula is C18H26F3N3. The van der Waals surface area contributed by atoms with E-state index in [0.29, 0.717) is 25.2 Å². The minimum absolute atomic E-state index is 0.162. The Hall–Kier alpha value is -1.27. The summed E-state index contributed by atoms with van der Waals surface area (Å²) in [7, 11) is 0. The molecule has 1 aliphatic heterocycles. The molecule has 134 valence electrons. The standard InChI is InChI=1S/C18H26F3N3/c19-15-11-17(21)18(12-16(15)20)24-9-7-23(8-10-24)6-5-13-1-3-14(22)4-2-13/h11-14H,1-10,22H2. The Morgan fingerprint density at radius 3 is 2.17 bits per heavy atom. The normalized spacial score (nSPS) is 25.9. The molecule has 0 unspecified atom stereocenters. The van der Waals surface area contributed by atoms with Crippen LogP contribution in [0.2, 0.25) is 0 Å². The summed E-state index contributed by atoms with van der Waals surface area (Å²) in [4.78, 5) is 4.18. The van der Waals surface area contributed by atoms with E-state index in [4.69, 9.17) is 5.73 Å². The van der Waals surface area contributed by atoms with Crippen LogP contribution >= 0.6 is 0 Å². The predicted molar refractivity (Wildman–Crippen MR) is 89.5 cm³/mol. The molecular weight excluding hydrogens is 315 g/mol. The van der Waals surface area contributed by atoms with Gasteiger partial charge in [-0.25, -0.2) is 13.2 Å². The fraction of sp³-hybridized carbons (Fsp3) is 0.667. The Kier molecular flexibility index (Phi) is 5.66. The number of rotatable bonds is 4. The topological polar surface area (TPSA) is 32.5 Å². The van der Waals surface area contributed by atoms with Crippen LogP contribution in [0.3, 0.4) is 0 Å². The lowest BCUT2D eigenvalue weighted by Gasteiger charge is -2.37. The summed E-state index contributed by atoms with van der Waals surface area (Å²) in [6.07, 6.45) is 5.90. The molecule has 3 rings (SSSR count). The van der Waals surface area contributed by atoms with Crippen molar-refractivity contribution in [3.63, 3.8) is 0 Å². The van der Waals surface area contributed by atoms with E-state index in [1.807, 2.05) is 0 Å². The lowest BCUT2D eigenvalue weighted by molar-refractivity contribution is 0.216. The van der Waals surface area contributed by atoms with Gasteiger partial charge in [-0.15, -0.1) is 0 Å². The third kappa shape index (κ3) is 4.22. The van der Waals surface area contributed by atoms with Gasteiger partial charge in [0.2, 0.25) is 0 Å². The number of halogens is 3. The molecule has 1 saturated carbocycles. The summed E-state index contributed by atoms with van der Waals surface area (Å²) in [5, 5.41) is 0. The van der Waals surface area contributed by atoms with Gasteiger partial charge in [0.25, 0.3) is 0 Å². The molecule has 2 N–H and O–H groups in total. The molecule has 1 saturated heterocycles. The highest BCUT2D eigenvalue weighted by Gasteiger charge is 2.23. The van der Waals surface area contributed by atoms with E-state index in [1.165, 1.54) is 19.3 Å². The van der Waals surface area contributed by atoms with Gasteiger partial charge in [0.05, 0.1) is 5.69 Å². The van der Waals surface area contributed by atoms with Gasteiger partial charge in [-0.1, -0.05) is 0 Å². The van der Waals surface area contributed by atoms with Crippen molar-refractivity contribution in [2.24, 2.45) is 11.7 Å². The molecule has 24 heavy (non-hydrogen) atoms. The molecule has 3 nitrogen and oxygen atoms in total. The van der Waals surface area contributed by atoms with Crippen LogP contribution in [0, 0.1) is 23.4 Å². The minimum atomic E-state index is -1.14. The van der Waals surface area contributed by atoms with Crippen molar-refractivity contribution in [1.29, 1.82) is 0 Å². The van der Waals surface area contributed by atoms with Crippen molar-refractivity contribution in [3.8, 4) is 0 Å². The molecule has 1 aromatic rings. The maximum Gasteiger partial charge on any atom is 0.161 e. The highest BCUT2D eigenvalue weighted by Crippen LogP contribution is 2.27. The fourth-order valence-electron chi connectivity index (χ4n) is 3.81. The van der Waals surface area contributed by atoms with Crippen LogP contribution in [-0.4, -0.2) is 43.7 Å². The Morgan fingerprint density at radius 1 is 0.875 bits per heavy atom.